The van der Waals surface area contributed by atoms with Crippen molar-refractivity contribution in [1.82, 2.24) is 5.32 Å². The lowest BCUT2D eigenvalue weighted by atomic mass is 9.83. The van der Waals surface area contributed by atoms with E-state index in [1.165, 1.54) is 6.26 Å². The van der Waals surface area contributed by atoms with E-state index in [9.17, 15) is 9.90 Å². The maximum absolute atomic E-state index is 11.8. The van der Waals surface area contributed by atoms with Crippen LogP contribution in [0.2, 0.25) is 0 Å². The number of hydrogen-bond donors (Lipinski definition) is 2. The van der Waals surface area contributed by atoms with Crippen LogP contribution >= 0.6 is 0 Å². The smallest absolute Gasteiger partial charge is 0.287 e. The summed E-state index contributed by atoms with van der Waals surface area (Å²) < 4.78 is 10.3. The number of amides is 1. The lowest BCUT2D eigenvalue weighted by molar-refractivity contribution is 0.0166. The second-order valence-electron chi connectivity index (χ2n) is 4.80. The number of aliphatic hydroxyl groups is 1. The standard InChI is InChI=1S/C14H15NO4/c16-13(12-4-2-7-18-12)15-9-14(17)6-1-3-11-10(14)5-8-19-11/h2,4-5,7-8,17H,1,3,6,9H2,(H,15,16). The van der Waals surface area contributed by atoms with Gasteiger partial charge in [-0.2, -0.15) is 0 Å². The van der Waals surface area contributed by atoms with Gasteiger partial charge in [-0.25, -0.2) is 0 Å². The molecule has 1 aliphatic carbocycles. The van der Waals surface area contributed by atoms with Crippen molar-refractivity contribution in [2.24, 2.45) is 0 Å². The number of rotatable bonds is 3. The van der Waals surface area contributed by atoms with E-state index in [4.69, 9.17) is 8.83 Å². The molecule has 19 heavy (non-hydrogen) atoms. The summed E-state index contributed by atoms with van der Waals surface area (Å²) in [6.45, 7) is 0.152. The third-order valence-corrected chi connectivity index (χ3v) is 3.53. The summed E-state index contributed by atoms with van der Waals surface area (Å²) in [6.07, 6.45) is 5.30. The van der Waals surface area contributed by atoms with Gasteiger partial charge >= 0.3 is 0 Å². The molecule has 1 atom stereocenters. The maximum atomic E-state index is 11.8. The summed E-state index contributed by atoms with van der Waals surface area (Å²) in [5.41, 5.74) is -0.276. The Labute approximate surface area is 110 Å². The molecule has 5 nitrogen and oxygen atoms in total. The van der Waals surface area contributed by atoms with Crippen molar-refractivity contribution >= 4 is 5.91 Å². The van der Waals surface area contributed by atoms with Gasteiger partial charge in [0.15, 0.2) is 5.76 Å². The average Bonchev–Trinajstić information content (AvgIpc) is 3.07. The summed E-state index contributed by atoms with van der Waals surface area (Å²) >= 11 is 0. The van der Waals surface area contributed by atoms with Gasteiger partial charge in [0.1, 0.15) is 11.4 Å². The molecule has 2 heterocycles. The van der Waals surface area contributed by atoms with Gasteiger partial charge in [-0.1, -0.05) is 0 Å². The molecule has 0 bridgehead atoms. The number of furan rings is 2. The first-order valence-electron chi connectivity index (χ1n) is 6.30. The van der Waals surface area contributed by atoms with E-state index in [1.54, 1.807) is 24.5 Å². The molecular weight excluding hydrogens is 246 g/mol. The van der Waals surface area contributed by atoms with Gasteiger partial charge in [-0.15, -0.1) is 0 Å². The normalized spacial score (nSPS) is 21.9. The molecule has 2 N–H and O–H groups in total. The predicted molar refractivity (Wildman–Crippen MR) is 66.6 cm³/mol. The highest BCUT2D eigenvalue weighted by molar-refractivity contribution is 5.91. The Hall–Kier alpha value is -2.01. The van der Waals surface area contributed by atoms with E-state index in [-0.39, 0.29) is 18.2 Å². The number of carbonyl (C=O) groups is 1. The van der Waals surface area contributed by atoms with Gasteiger partial charge in [0.05, 0.1) is 19.1 Å². The number of fused-ring (bicyclic) bond motifs is 1. The highest BCUT2D eigenvalue weighted by Gasteiger charge is 2.36. The molecule has 0 aromatic carbocycles. The molecule has 0 spiro atoms. The maximum Gasteiger partial charge on any atom is 0.287 e. The monoisotopic (exact) mass is 261 g/mol. The fourth-order valence-electron chi connectivity index (χ4n) is 2.53. The lowest BCUT2D eigenvalue weighted by Crippen LogP contribution is -2.42. The minimum absolute atomic E-state index is 0.152. The molecule has 100 valence electrons. The molecule has 3 rings (SSSR count). The van der Waals surface area contributed by atoms with Crippen molar-refractivity contribution in [3.63, 3.8) is 0 Å². The number of hydrogen-bond acceptors (Lipinski definition) is 4. The zero-order valence-corrected chi connectivity index (χ0v) is 10.4. The minimum Gasteiger partial charge on any atom is -0.469 e. The van der Waals surface area contributed by atoms with E-state index in [2.05, 4.69) is 5.32 Å². The quantitative estimate of drug-likeness (QED) is 0.883. The Morgan fingerprint density at radius 2 is 2.26 bits per heavy atom. The summed E-state index contributed by atoms with van der Waals surface area (Å²) in [4.78, 5) is 11.8. The molecule has 0 aliphatic heterocycles. The first kappa shape index (κ1) is 12.0. The topological polar surface area (TPSA) is 75.6 Å². The lowest BCUT2D eigenvalue weighted by Gasteiger charge is -2.31. The summed E-state index contributed by atoms with van der Waals surface area (Å²) in [7, 11) is 0. The summed E-state index contributed by atoms with van der Waals surface area (Å²) in [6, 6.07) is 5.01. The van der Waals surface area contributed by atoms with E-state index >= 15 is 0 Å². The average molecular weight is 261 g/mol. The SMILES string of the molecule is O=C(NCC1(O)CCCc2occc21)c1ccco1. The Kier molecular flexibility index (Phi) is 2.91. The van der Waals surface area contributed by atoms with Gasteiger partial charge < -0.3 is 19.3 Å². The first-order chi connectivity index (χ1) is 9.19. The van der Waals surface area contributed by atoms with Crippen LogP contribution in [-0.2, 0) is 12.0 Å². The second-order valence-corrected chi connectivity index (χ2v) is 4.80. The van der Waals surface area contributed by atoms with Gasteiger partial charge in [0, 0.05) is 12.0 Å². The van der Waals surface area contributed by atoms with Crippen LogP contribution in [0.1, 0.15) is 34.7 Å². The molecule has 0 saturated heterocycles. The zero-order chi connectivity index (χ0) is 13.3. The molecular formula is C14H15NO4. The molecule has 5 heteroatoms. The van der Waals surface area contributed by atoms with Crippen LogP contribution in [0.25, 0.3) is 0 Å². The van der Waals surface area contributed by atoms with Crippen LogP contribution in [0.5, 0.6) is 0 Å². The molecule has 1 amide bonds. The van der Waals surface area contributed by atoms with Gasteiger partial charge in [-0.05, 0) is 31.0 Å². The van der Waals surface area contributed by atoms with E-state index in [1.807, 2.05) is 0 Å². The highest BCUT2D eigenvalue weighted by atomic mass is 16.3. The van der Waals surface area contributed by atoms with E-state index in [0.29, 0.717) is 6.42 Å². The number of aryl methyl sites for hydroxylation is 1. The van der Waals surface area contributed by atoms with Gasteiger partial charge in [-0.3, -0.25) is 4.79 Å². The van der Waals surface area contributed by atoms with Crippen molar-refractivity contribution in [2.75, 3.05) is 6.54 Å². The number of carbonyl (C=O) groups excluding carboxylic acids is 1. The van der Waals surface area contributed by atoms with E-state index < -0.39 is 5.60 Å². The zero-order valence-electron chi connectivity index (χ0n) is 10.4. The van der Waals surface area contributed by atoms with Crippen LogP contribution in [-0.4, -0.2) is 17.6 Å². The van der Waals surface area contributed by atoms with Crippen molar-refractivity contribution in [1.29, 1.82) is 0 Å². The Morgan fingerprint density at radius 1 is 1.37 bits per heavy atom. The summed E-state index contributed by atoms with van der Waals surface area (Å²) in [5, 5.41) is 13.4. The second kappa shape index (κ2) is 4.59. The highest BCUT2D eigenvalue weighted by Crippen LogP contribution is 2.35. The van der Waals surface area contributed by atoms with Crippen LogP contribution < -0.4 is 5.32 Å². The van der Waals surface area contributed by atoms with Crippen molar-refractivity contribution in [3.05, 3.63) is 47.8 Å². The third-order valence-electron chi connectivity index (χ3n) is 3.53. The van der Waals surface area contributed by atoms with Gasteiger partial charge in [0.2, 0.25) is 0 Å². The Bertz CT molecular complexity index is 572. The van der Waals surface area contributed by atoms with Crippen LogP contribution in [0.15, 0.2) is 39.6 Å². The molecule has 0 radical (unpaired) electrons. The largest absolute Gasteiger partial charge is 0.469 e. The first-order valence-corrected chi connectivity index (χ1v) is 6.30. The summed E-state index contributed by atoms with van der Waals surface area (Å²) in [5.74, 6) is 0.724. The third kappa shape index (κ3) is 2.17. The molecule has 1 aliphatic rings. The molecule has 1 unspecified atom stereocenters. The molecule has 2 aromatic rings. The van der Waals surface area contributed by atoms with Crippen LogP contribution in [0.3, 0.4) is 0 Å². The molecule has 0 fully saturated rings. The van der Waals surface area contributed by atoms with Crippen LogP contribution in [0.4, 0.5) is 0 Å². The number of nitrogens with one attached hydrogen (secondary N) is 1. The fraction of sp³-hybridized carbons (Fsp3) is 0.357. The molecule has 2 aromatic heterocycles. The van der Waals surface area contributed by atoms with Crippen molar-refractivity contribution in [2.45, 2.75) is 24.9 Å². The predicted octanol–water partition coefficient (Wildman–Crippen LogP) is 1.83. The Balaban J connectivity index is 1.72. The van der Waals surface area contributed by atoms with Crippen LogP contribution in [0, 0.1) is 0 Å². The minimum atomic E-state index is -1.05. The van der Waals surface area contributed by atoms with Crippen molar-refractivity contribution < 1.29 is 18.7 Å². The Morgan fingerprint density at radius 3 is 3.05 bits per heavy atom. The van der Waals surface area contributed by atoms with Crippen molar-refractivity contribution in [3.8, 4) is 0 Å². The van der Waals surface area contributed by atoms with Gasteiger partial charge in [0.25, 0.3) is 5.91 Å². The fourth-order valence-corrected chi connectivity index (χ4v) is 2.53. The van der Waals surface area contributed by atoms with E-state index in [0.717, 1.165) is 24.2 Å². The molecule has 0 saturated carbocycles.